The standard InChI is InChI=1S/C16H13BrN2O/c1-10-9-11(5-6-14(10)17)19-16(20)13-3-2-4-15-12(13)7-8-18-15/h2-9,18H,1H3,(H,19,20). The maximum atomic E-state index is 12.4. The Morgan fingerprint density at radius 1 is 1.20 bits per heavy atom. The van der Waals surface area contributed by atoms with E-state index in [1.54, 1.807) is 0 Å². The van der Waals surface area contributed by atoms with Crippen molar-refractivity contribution in [2.45, 2.75) is 6.92 Å². The van der Waals surface area contributed by atoms with Crippen LogP contribution >= 0.6 is 15.9 Å². The molecular formula is C16H13BrN2O. The number of benzene rings is 2. The van der Waals surface area contributed by atoms with Gasteiger partial charge in [-0.1, -0.05) is 22.0 Å². The summed E-state index contributed by atoms with van der Waals surface area (Å²) in [7, 11) is 0. The summed E-state index contributed by atoms with van der Waals surface area (Å²) < 4.78 is 1.03. The van der Waals surface area contributed by atoms with Crippen LogP contribution < -0.4 is 5.32 Å². The van der Waals surface area contributed by atoms with E-state index in [9.17, 15) is 4.79 Å². The number of carbonyl (C=O) groups excluding carboxylic acids is 1. The average Bonchev–Trinajstić information content (AvgIpc) is 2.91. The molecule has 0 radical (unpaired) electrons. The Balaban J connectivity index is 1.93. The van der Waals surface area contributed by atoms with Crippen molar-refractivity contribution < 1.29 is 4.79 Å². The summed E-state index contributed by atoms with van der Waals surface area (Å²) in [5, 5.41) is 3.86. The minimum absolute atomic E-state index is 0.100. The minimum atomic E-state index is -0.100. The molecule has 1 amide bonds. The molecule has 0 fully saturated rings. The van der Waals surface area contributed by atoms with E-state index in [0.29, 0.717) is 5.56 Å². The third kappa shape index (κ3) is 2.34. The fourth-order valence-electron chi connectivity index (χ4n) is 2.20. The van der Waals surface area contributed by atoms with Gasteiger partial charge in [0.15, 0.2) is 0 Å². The van der Waals surface area contributed by atoms with Crippen LogP contribution in [0.2, 0.25) is 0 Å². The van der Waals surface area contributed by atoms with Gasteiger partial charge in [0, 0.05) is 32.8 Å². The van der Waals surface area contributed by atoms with Gasteiger partial charge in [0.05, 0.1) is 0 Å². The highest BCUT2D eigenvalue weighted by atomic mass is 79.9. The smallest absolute Gasteiger partial charge is 0.256 e. The monoisotopic (exact) mass is 328 g/mol. The molecule has 0 saturated heterocycles. The number of carbonyl (C=O) groups is 1. The van der Waals surface area contributed by atoms with E-state index in [4.69, 9.17) is 0 Å². The minimum Gasteiger partial charge on any atom is -0.361 e. The molecule has 4 heteroatoms. The van der Waals surface area contributed by atoms with Gasteiger partial charge in [-0.25, -0.2) is 0 Å². The third-order valence-corrected chi connectivity index (χ3v) is 4.15. The summed E-state index contributed by atoms with van der Waals surface area (Å²) in [5.74, 6) is -0.100. The number of aromatic nitrogens is 1. The Morgan fingerprint density at radius 3 is 2.85 bits per heavy atom. The molecule has 2 aromatic carbocycles. The van der Waals surface area contributed by atoms with Crippen LogP contribution in [0.1, 0.15) is 15.9 Å². The summed E-state index contributed by atoms with van der Waals surface area (Å²) in [5.41, 5.74) is 3.51. The van der Waals surface area contributed by atoms with Crippen LogP contribution in [-0.2, 0) is 0 Å². The van der Waals surface area contributed by atoms with E-state index in [1.165, 1.54) is 0 Å². The van der Waals surface area contributed by atoms with Crippen molar-refractivity contribution in [3.63, 3.8) is 0 Å². The number of fused-ring (bicyclic) bond motifs is 1. The Bertz CT molecular complexity index is 792. The second-order valence-corrected chi connectivity index (χ2v) is 5.52. The maximum Gasteiger partial charge on any atom is 0.256 e. The van der Waals surface area contributed by atoms with E-state index in [0.717, 1.165) is 26.6 Å². The van der Waals surface area contributed by atoms with E-state index in [-0.39, 0.29) is 5.91 Å². The zero-order valence-corrected chi connectivity index (χ0v) is 12.5. The molecule has 1 aromatic heterocycles. The fourth-order valence-corrected chi connectivity index (χ4v) is 2.45. The predicted molar refractivity (Wildman–Crippen MR) is 85.1 cm³/mol. The molecular weight excluding hydrogens is 316 g/mol. The topological polar surface area (TPSA) is 44.9 Å². The van der Waals surface area contributed by atoms with Crippen molar-refractivity contribution in [3.05, 3.63) is 64.3 Å². The second-order valence-electron chi connectivity index (χ2n) is 4.66. The first-order chi connectivity index (χ1) is 9.65. The molecule has 0 bridgehead atoms. The van der Waals surface area contributed by atoms with Gasteiger partial charge in [0.25, 0.3) is 5.91 Å². The lowest BCUT2D eigenvalue weighted by molar-refractivity contribution is 0.102. The van der Waals surface area contributed by atoms with Gasteiger partial charge in [-0.3, -0.25) is 4.79 Å². The van der Waals surface area contributed by atoms with Crippen molar-refractivity contribution in [1.29, 1.82) is 0 Å². The number of anilines is 1. The highest BCUT2D eigenvalue weighted by Crippen LogP contribution is 2.22. The number of aryl methyl sites for hydroxylation is 1. The largest absolute Gasteiger partial charge is 0.361 e. The number of H-pyrrole nitrogens is 1. The first-order valence-electron chi connectivity index (χ1n) is 6.29. The number of hydrogen-bond acceptors (Lipinski definition) is 1. The summed E-state index contributed by atoms with van der Waals surface area (Å²) in [6, 6.07) is 13.3. The van der Waals surface area contributed by atoms with Crippen LogP contribution in [0, 0.1) is 6.92 Å². The molecule has 2 N–H and O–H groups in total. The lowest BCUT2D eigenvalue weighted by Gasteiger charge is -2.08. The van der Waals surface area contributed by atoms with Gasteiger partial charge >= 0.3 is 0 Å². The Labute approximate surface area is 125 Å². The predicted octanol–water partition coefficient (Wildman–Crippen LogP) is 4.49. The van der Waals surface area contributed by atoms with Crippen molar-refractivity contribution in [3.8, 4) is 0 Å². The molecule has 0 unspecified atom stereocenters. The van der Waals surface area contributed by atoms with Gasteiger partial charge in [-0.2, -0.15) is 0 Å². The first-order valence-corrected chi connectivity index (χ1v) is 7.08. The molecule has 1 heterocycles. The number of halogens is 1. The van der Waals surface area contributed by atoms with Crippen LogP contribution in [0.15, 0.2) is 53.1 Å². The van der Waals surface area contributed by atoms with E-state index < -0.39 is 0 Å². The van der Waals surface area contributed by atoms with Crippen LogP contribution in [0.5, 0.6) is 0 Å². The normalized spacial score (nSPS) is 10.7. The van der Waals surface area contributed by atoms with Crippen molar-refractivity contribution in [1.82, 2.24) is 4.98 Å². The van der Waals surface area contributed by atoms with Crippen molar-refractivity contribution >= 4 is 38.4 Å². The summed E-state index contributed by atoms with van der Waals surface area (Å²) in [6.45, 7) is 1.99. The summed E-state index contributed by atoms with van der Waals surface area (Å²) in [4.78, 5) is 15.5. The summed E-state index contributed by atoms with van der Waals surface area (Å²) >= 11 is 3.45. The Hall–Kier alpha value is -2.07. The van der Waals surface area contributed by atoms with Crippen molar-refractivity contribution in [2.24, 2.45) is 0 Å². The van der Waals surface area contributed by atoms with Crippen LogP contribution in [-0.4, -0.2) is 10.9 Å². The van der Waals surface area contributed by atoms with Crippen molar-refractivity contribution in [2.75, 3.05) is 5.32 Å². The number of aromatic amines is 1. The molecule has 0 aliphatic carbocycles. The lowest BCUT2D eigenvalue weighted by atomic mass is 10.1. The van der Waals surface area contributed by atoms with Crippen LogP contribution in [0.4, 0.5) is 5.69 Å². The number of nitrogens with one attached hydrogen (secondary N) is 2. The van der Waals surface area contributed by atoms with Gasteiger partial charge in [0.1, 0.15) is 0 Å². The van der Waals surface area contributed by atoms with E-state index in [1.807, 2.05) is 55.6 Å². The molecule has 100 valence electrons. The Morgan fingerprint density at radius 2 is 2.05 bits per heavy atom. The number of amides is 1. The second kappa shape index (κ2) is 5.13. The molecule has 0 saturated carbocycles. The molecule has 0 spiro atoms. The average molecular weight is 329 g/mol. The van der Waals surface area contributed by atoms with Crippen LogP contribution in [0.25, 0.3) is 10.9 Å². The van der Waals surface area contributed by atoms with Gasteiger partial charge < -0.3 is 10.3 Å². The molecule has 3 aromatic rings. The van der Waals surface area contributed by atoms with Crippen LogP contribution in [0.3, 0.4) is 0 Å². The maximum absolute atomic E-state index is 12.4. The lowest BCUT2D eigenvalue weighted by Crippen LogP contribution is -2.12. The van der Waals surface area contributed by atoms with E-state index >= 15 is 0 Å². The fraction of sp³-hybridized carbons (Fsp3) is 0.0625. The molecule has 0 aliphatic rings. The highest BCUT2D eigenvalue weighted by Gasteiger charge is 2.10. The third-order valence-electron chi connectivity index (χ3n) is 3.26. The van der Waals surface area contributed by atoms with Gasteiger partial charge in [0.2, 0.25) is 0 Å². The van der Waals surface area contributed by atoms with E-state index in [2.05, 4.69) is 26.2 Å². The molecule has 3 rings (SSSR count). The van der Waals surface area contributed by atoms with Gasteiger partial charge in [-0.05, 0) is 48.9 Å². The quantitative estimate of drug-likeness (QED) is 0.715. The SMILES string of the molecule is Cc1cc(NC(=O)c2cccc3[nH]ccc23)ccc1Br. The molecule has 0 aliphatic heterocycles. The Kier molecular flexibility index (Phi) is 3.32. The molecule has 3 nitrogen and oxygen atoms in total. The molecule has 20 heavy (non-hydrogen) atoms. The highest BCUT2D eigenvalue weighted by molar-refractivity contribution is 9.10. The number of hydrogen-bond donors (Lipinski definition) is 2. The van der Waals surface area contributed by atoms with Gasteiger partial charge in [-0.15, -0.1) is 0 Å². The molecule has 0 atom stereocenters. The first kappa shape index (κ1) is 12.9. The zero-order chi connectivity index (χ0) is 14.1. The summed E-state index contributed by atoms with van der Waals surface area (Å²) in [6.07, 6.45) is 1.84. The zero-order valence-electron chi connectivity index (χ0n) is 10.9. The number of rotatable bonds is 2.